The van der Waals surface area contributed by atoms with E-state index in [4.69, 9.17) is 10.5 Å². The SMILES string of the molecule is CC(C)(C)OC(=O)C=CC1=C(C(=O)O)N2C(=O)C(N)[C@@H]2SC1. The maximum Gasteiger partial charge on any atom is 0.352 e. The van der Waals surface area contributed by atoms with Crippen LogP contribution in [0.1, 0.15) is 20.8 Å². The van der Waals surface area contributed by atoms with Crippen molar-refractivity contribution < 1.29 is 24.2 Å². The zero-order valence-electron chi connectivity index (χ0n) is 12.5. The van der Waals surface area contributed by atoms with Crippen LogP contribution in [0.2, 0.25) is 0 Å². The molecule has 0 spiro atoms. The highest BCUT2D eigenvalue weighted by atomic mass is 32.2. The van der Waals surface area contributed by atoms with Crippen molar-refractivity contribution in [2.75, 3.05) is 5.75 Å². The Hall–Kier alpha value is -1.80. The first-order chi connectivity index (χ1) is 10.1. The minimum Gasteiger partial charge on any atom is -0.477 e. The van der Waals surface area contributed by atoms with E-state index in [1.54, 1.807) is 20.8 Å². The maximum absolute atomic E-state index is 11.8. The Morgan fingerprint density at radius 2 is 2.09 bits per heavy atom. The van der Waals surface area contributed by atoms with Crippen molar-refractivity contribution in [1.82, 2.24) is 4.90 Å². The molecule has 8 heteroatoms. The molecule has 120 valence electrons. The number of ether oxygens (including phenoxy) is 1. The van der Waals surface area contributed by atoms with E-state index in [2.05, 4.69) is 0 Å². The van der Waals surface area contributed by atoms with Crippen molar-refractivity contribution in [3.8, 4) is 0 Å². The average Bonchev–Trinajstić information content (AvgIpc) is 2.41. The molecule has 0 aromatic heterocycles. The summed E-state index contributed by atoms with van der Waals surface area (Å²) in [6.45, 7) is 5.21. The lowest BCUT2D eigenvalue weighted by Gasteiger charge is -2.47. The monoisotopic (exact) mass is 326 g/mol. The number of carboxylic acid groups (broad SMARTS) is 1. The summed E-state index contributed by atoms with van der Waals surface area (Å²) in [5.41, 5.74) is 5.30. The van der Waals surface area contributed by atoms with Gasteiger partial charge in [0.15, 0.2) is 0 Å². The van der Waals surface area contributed by atoms with Gasteiger partial charge in [0.25, 0.3) is 0 Å². The molecule has 2 atom stereocenters. The van der Waals surface area contributed by atoms with Gasteiger partial charge in [-0.2, -0.15) is 0 Å². The Balaban J connectivity index is 2.22. The summed E-state index contributed by atoms with van der Waals surface area (Å²) < 4.78 is 5.12. The normalized spacial score (nSPS) is 25.1. The lowest BCUT2D eigenvalue weighted by Crippen LogP contribution is -2.68. The Labute approximate surface area is 132 Å². The zero-order chi connectivity index (χ0) is 16.7. The van der Waals surface area contributed by atoms with Gasteiger partial charge in [-0.05, 0) is 32.4 Å². The van der Waals surface area contributed by atoms with Crippen molar-refractivity contribution in [2.24, 2.45) is 5.73 Å². The molecule has 1 fully saturated rings. The molecule has 0 saturated carbocycles. The highest BCUT2D eigenvalue weighted by Crippen LogP contribution is 2.39. The topological polar surface area (TPSA) is 110 Å². The number of thioether (sulfide) groups is 1. The molecule has 1 amide bonds. The van der Waals surface area contributed by atoms with Crippen LogP contribution in [0.4, 0.5) is 0 Å². The first-order valence-electron chi connectivity index (χ1n) is 6.69. The number of esters is 1. The third kappa shape index (κ3) is 3.17. The van der Waals surface area contributed by atoms with E-state index in [0.29, 0.717) is 11.3 Å². The molecule has 3 N–H and O–H groups in total. The maximum atomic E-state index is 11.8. The molecule has 0 aromatic rings. The van der Waals surface area contributed by atoms with Gasteiger partial charge >= 0.3 is 11.9 Å². The number of nitrogens with zero attached hydrogens (tertiary/aromatic N) is 1. The molecule has 2 rings (SSSR count). The molecular weight excluding hydrogens is 308 g/mol. The third-order valence-corrected chi connectivity index (χ3v) is 4.39. The van der Waals surface area contributed by atoms with Crippen molar-refractivity contribution in [3.63, 3.8) is 0 Å². The standard InChI is InChI=1S/C14H18N2O5S/c1-14(2,3)21-8(17)5-4-7-6-22-12-9(15)11(18)16(12)10(7)13(19)20/h4-5,9,12H,6,15H2,1-3H3,(H,19,20)/t9?,12-/m0/s1. The fraction of sp³-hybridized carbons (Fsp3) is 0.500. The summed E-state index contributed by atoms with van der Waals surface area (Å²) in [6, 6.07) is -0.671. The number of β-lactam (4-membered cyclic amide) rings is 1. The highest BCUT2D eigenvalue weighted by molar-refractivity contribution is 8.00. The number of nitrogens with two attached hydrogens (primary N) is 1. The van der Waals surface area contributed by atoms with Crippen LogP contribution in [0.5, 0.6) is 0 Å². The molecular formula is C14H18N2O5S. The van der Waals surface area contributed by atoms with Crippen LogP contribution in [-0.4, -0.2) is 50.6 Å². The number of amides is 1. The summed E-state index contributed by atoms with van der Waals surface area (Å²) in [4.78, 5) is 36.0. The van der Waals surface area contributed by atoms with Gasteiger partial charge in [-0.1, -0.05) is 0 Å². The number of carbonyl (C=O) groups is 3. The summed E-state index contributed by atoms with van der Waals surface area (Å²) in [6.07, 6.45) is 2.56. The van der Waals surface area contributed by atoms with Gasteiger partial charge in [0.05, 0.1) is 0 Å². The number of aliphatic carboxylic acids is 1. The molecule has 2 aliphatic heterocycles. The minimum atomic E-state index is -1.21. The van der Waals surface area contributed by atoms with Crippen molar-refractivity contribution in [1.29, 1.82) is 0 Å². The third-order valence-electron chi connectivity index (χ3n) is 3.07. The smallest absolute Gasteiger partial charge is 0.352 e. The van der Waals surface area contributed by atoms with Crippen molar-refractivity contribution in [2.45, 2.75) is 37.8 Å². The lowest BCUT2D eigenvalue weighted by atomic mass is 10.0. The van der Waals surface area contributed by atoms with Crippen molar-refractivity contribution >= 4 is 29.6 Å². The van der Waals surface area contributed by atoms with Crippen LogP contribution >= 0.6 is 11.8 Å². The Bertz CT molecular complexity index is 591. The Morgan fingerprint density at radius 1 is 1.45 bits per heavy atom. The van der Waals surface area contributed by atoms with Crippen molar-refractivity contribution in [3.05, 3.63) is 23.4 Å². The van der Waals surface area contributed by atoms with Gasteiger partial charge in [0.2, 0.25) is 5.91 Å². The molecule has 2 aliphatic rings. The minimum absolute atomic E-state index is 0.116. The second-order valence-electron chi connectivity index (χ2n) is 5.98. The van der Waals surface area contributed by atoms with Gasteiger partial charge < -0.3 is 15.6 Å². The summed E-state index contributed by atoms with van der Waals surface area (Å²) in [7, 11) is 0. The summed E-state index contributed by atoms with van der Waals surface area (Å²) in [5.74, 6) is -1.83. The molecule has 2 heterocycles. The first-order valence-corrected chi connectivity index (χ1v) is 7.74. The second kappa shape index (κ2) is 5.77. The molecule has 1 saturated heterocycles. The van der Waals surface area contributed by atoms with Gasteiger partial charge in [0.1, 0.15) is 22.7 Å². The lowest BCUT2D eigenvalue weighted by molar-refractivity contribution is -0.148. The molecule has 0 radical (unpaired) electrons. The van der Waals surface area contributed by atoms with Gasteiger partial charge in [-0.3, -0.25) is 9.69 Å². The highest BCUT2D eigenvalue weighted by Gasteiger charge is 2.51. The largest absolute Gasteiger partial charge is 0.477 e. The second-order valence-corrected chi connectivity index (χ2v) is 7.09. The quantitative estimate of drug-likeness (QED) is 0.440. The molecule has 7 nitrogen and oxygen atoms in total. The molecule has 0 aromatic carbocycles. The predicted molar refractivity (Wildman–Crippen MR) is 80.7 cm³/mol. The molecule has 1 unspecified atom stereocenters. The van der Waals surface area contributed by atoms with E-state index in [1.807, 2.05) is 0 Å². The van der Waals surface area contributed by atoms with E-state index in [1.165, 1.54) is 28.8 Å². The average molecular weight is 326 g/mol. The molecule has 22 heavy (non-hydrogen) atoms. The Kier molecular flexibility index (Phi) is 4.35. The van der Waals surface area contributed by atoms with Gasteiger partial charge in [0, 0.05) is 11.8 Å². The van der Waals surface area contributed by atoms with E-state index < -0.39 is 29.5 Å². The molecule has 0 aliphatic carbocycles. The zero-order valence-corrected chi connectivity index (χ0v) is 13.3. The number of rotatable bonds is 3. The van der Waals surface area contributed by atoms with E-state index in [-0.39, 0.29) is 11.1 Å². The van der Waals surface area contributed by atoms with Crippen LogP contribution in [0.15, 0.2) is 23.4 Å². The van der Waals surface area contributed by atoms with E-state index >= 15 is 0 Å². The number of hydrogen-bond acceptors (Lipinski definition) is 6. The fourth-order valence-electron chi connectivity index (χ4n) is 2.17. The van der Waals surface area contributed by atoms with Crippen LogP contribution in [0.25, 0.3) is 0 Å². The van der Waals surface area contributed by atoms with E-state index in [9.17, 15) is 19.5 Å². The van der Waals surface area contributed by atoms with Crippen LogP contribution in [0.3, 0.4) is 0 Å². The number of carboxylic acids is 1. The summed E-state index contributed by atoms with van der Waals surface area (Å²) >= 11 is 1.37. The van der Waals surface area contributed by atoms with Crippen LogP contribution < -0.4 is 5.73 Å². The van der Waals surface area contributed by atoms with Crippen LogP contribution in [-0.2, 0) is 19.1 Å². The van der Waals surface area contributed by atoms with Gasteiger partial charge in [-0.25, -0.2) is 9.59 Å². The summed E-state index contributed by atoms with van der Waals surface area (Å²) in [5, 5.41) is 8.98. The predicted octanol–water partition coefficient (Wildman–Crippen LogP) is 0.465. The van der Waals surface area contributed by atoms with Gasteiger partial charge in [-0.15, -0.1) is 11.8 Å². The Morgan fingerprint density at radius 3 is 2.64 bits per heavy atom. The van der Waals surface area contributed by atoms with E-state index in [0.717, 1.165) is 0 Å². The number of fused-ring (bicyclic) bond motifs is 1. The first kappa shape index (κ1) is 16.6. The number of carbonyl (C=O) groups excluding carboxylic acids is 2. The van der Waals surface area contributed by atoms with Crippen LogP contribution in [0, 0.1) is 0 Å². The number of hydrogen-bond donors (Lipinski definition) is 2. The molecule has 0 bridgehead atoms. The fourth-order valence-corrected chi connectivity index (χ4v) is 3.44. The number of allylic oxidation sites excluding steroid dienone is 1.